The first-order valence-corrected chi connectivity index (χ1v) is 9.06. The van der Waals surface area contributed by atoms with E-state index in [1.807, 2.05) is 31.1 Å². The number of nitrogens with zero attached hydrogens (tertiary/aromatic N) is 3. The molecule has 1 unspecified atom stereocenters. The van der Waals surface area contributed by atoms with Crippen LogP contribution in [0, 0.1) is 6.92 Å². The molecular weight excluding hydrogens is 334 g/mol. The summed E-state index contributed by atoms with van der Waals surface area (Å²) in [7, 11) is 7.45. The number of anilines is 1. The Labute approximate surface area is 154 Å². The highest BCUT2D eigenvalue weighted by atomic mass is 32.1. The lowest BCUT2D eigenvalue weighted by molar-refractivity contribution is 0.405. The Kier molecular flexibility index (Phi) is 6.64. The van der Waals surface area contributed by atoms with Gasteiger partial charge in [0.15, 0.2) is 11.1 Å². The van der Waals surface area contributed by atoms with E-state index in [9.17, 15) is 0 Å². The van der Waals surface area contributed by atoms with Crippen molar-refractivity contribution in [1.82, 2.24) is 15.6 Å². The fourth-order valence-corrected chi connectivity index (χ4v) is 3.19. The van der Waals surface area contributed by atoms with Crippen LogP contribution in [0.1, 0.15) is 29.8 Å². The molecular formula is C18H27N5OS. The first-order valence-electron chi connectivity index (χ1n) is 8.18. The molecule has 1 heterocycles. The Morgan fingerprint density at radius 3 is 2.76 bits per heavy atom. The van der Waals surface area contributed by atoms with Crippen molar-refractivity contribution in [2.45, 2.75) is 26.4 Å². The van der Waals surface area contributed by atoms with Crippen LogP contribution < -0.4 is 20.3 Å². The van der Waals surface area contributed by atoms with E-state index in [0.717, 1.165) is 28.1 Å². The highest BCUT2D eigenvalue weighted by molar-refractivity contribution is 7.13. The molecule has 0 fully saturated rings. The van der Waals surface area contributed by atoms with E-state index in [1.165, 1.54) is 5.56 Å². The second-order valence-corrected chi connectivity index (χ2v) is 6.89. The Morgan fingerprint density at radius 2 is 2.16 bits per heavy atom. The zero-order chi connectivity index (χ0) is 18.4. The smallest absolute Gasteiger partial charge is 0.191 e. The van der Waals surface area contributed by atoms with Gasteiger partial charge in [-0.15, -0.1) is 11.3 Å². The summed E-state index contributed by atoms with van der Waals surface area (Å²) in [6.45, 7) is 4.80. The number of methoxy groups -OCH3 is 1. The van der Waals surface area contributed by atoms with E-state index >= 15 is 0 Å². The molecule has 2 rings (SSSR count). The normalized spacial score (nSPS) is 12.6. The minimum atomic E-state index is 0.0637. The zero-order valence-corrected chi connectivity index (χ0v) is 16.6. The summed E-state index contributed by atoms with van der Waals surface area (Å²) in [5.41, 5.74) is 3.30. The van der Waals surface area contributed by atoms with Gasteiger partial charge in [0.05, 0.1) is 25.4 Å². The minimum Gasteiger partial charge on any atom is -0.496 e. The van der Waals surface area contributed by atoms with Crippen molar-refractivity contribution in [3.8, 4) is 5.75 Å². The van der Waals surface area contributed by atoms with E-state index in [0.29, 0.717) is 6.54 Å². The lowest BCUT2D eigenvalue weighted by Crippen LogP contribution is -2.38. The second-order valence-electron chi connectivity index (χ2n) is 6.05. The Morgan fingerprint density at radius 1 is 1.40 bits per heavy atom. The van der Waals surface area contributed by atoms with Crippen LogP contribution in [-0.4, -0.2) is 39.2 Å². The van der Waals surface area contributed by atoms with Crippen molar-refractivity contribution >= 4 is 22.4 Å². The van der Waals surface area contributed by atoms with Crippen molar-refractivity contribution < 1.29 is 4.74 Å². The second kappa shape index (κ2) is 8.71. The van der Waals surface area contributed by atoms with Gasteiger partial charge in [-0.1, -0.05) is 17.7 Å². The monoisotopic (exact) mass is 361 g/mol. The number of aryl methyl sites for hydroxylation is 1. The largest absolute Gasteiger partial charge is 0.496 e. The lowest BCUT2D eigenvalue weighted by Gasteiger charge is -2.20. The molecule has 1 atom stereocenters. The number of thiazole rings is 1. The molecule has 1 aromatic heterocycles. The van der Waals surface area contributed by atoms with Gasteiger partial charge in [-0.2, -0.15) is 0 Å². The summed E-state index contributed by atoms with van der Waals surface area (Å²) in [5.74, 6) is 1.60. The van der Waals surface area contributed by atoms with E-state index in [1.54, 1.807) is 25.5 Å². The molecule has 2 aromatic rings. The molecule has 136 valence electrons. The number of aliphatic imine (C=N–C) groups is 1. The number of guanidine groups is 1. The molecule has 2 N–H and O–H groups in total. The van der Waals surface area contributed by atoms with Gasteiger partial charge in [0.1, 0.15) is 5.75 Å². The van der Waals surface area contributed by atoms with Crippen LogP contribution >= 0.6 is 11.3 Å². The molecule has 0 aliphatic heterocycles. The molecule has 25 heavy (non-hydrogen) atoms. The lowest BCUT2D eigenvalue weighted by atomic mass is 10.0. The molecule has 0 aliphatic carbocycles. The van der Waals surface area contributed by atoms with Crippen LogP contribution in [0.2, 0.25) is 0 Å². The molecule has 0 spiro atoms. The number of hydrogen-bond donors (Lipinski definition) is 2. The average molecular weight is 362 g/mol. The Hall–Kier alpha value is -2.28. The fraction of sp³-hybridized carbons (Fsp3) is 0.444. The average Bonchev–Trinajstić information content (AvgIpc) is 3.07. The predicted octanol–water partition coefficient (Wildman–Crippen LogP) is 2.95. The summed E-state index contributed by atoms with van der Waals surface area (Å²) >= 11 is 1.63. The van der Waals surface area contributed by atoms with Crippen LogP contribution in [0.25, 0.3) is 0 Å². The number of rotatable bonds is 6. The molecule has 0 saturated carbocycles. The highest BCUT2D eigenvalue weighted by Crippen LogP contribution is 2.26. The summed E-state index contributed by atoms with van der Waals surface area (Å²) in [5, 5.41) is 9.78. The summed E-state index contributed by atoms with van der Waals surface area (Å²) in [6.07, 6.45) is 0. The molecule has 0 saturated heterocycles. The van der Waals surface area contributed by atoms with E-state index in [2.05, 4.69) is 45.9 Å². The van der Waals surface area contributed by atoms with Gasteiger partial charge >= 0.3 is 0 Å². The quantitative estimate of drug-likeness (QED) is 0.612. The number of ether oxygens (including phenoxy) is 1. The summed E-state index contributed by atoms with van der Waals surface area (Å²) in [6, 6.07) is 6.24. The van der Waals surface area contributed by atoms with Gasteiger partial charge in [-0.25, -0.2) is 4.98 Å². The zero-order valence-electron chi connectivity index (χ0n) is 15.8. The fourth-order valence-electron chi connectivity index (χ4n) is 2.43. The molecule has 0 amide bonds. The topological polar surface area (TPSA) is 61.8 Å². The number of nitrogens with one attached hydrogen (secondary N) is 2. The van der Waals surface area contributed by atoms with E-state index in [4.69, 9.17) is 4.74 Å². The minimum absolute atomic E-state index is 0.0637. The van der Waals surface area contributed by atoms with Gasteiger partial charge in [-0.05, 0) is 19.9 Å². The van der Waals surface area contributed by atoms with Gasteiger partial charge in [0.2, 0.25) is 0 Å². The summed E-state index contributed by atoms with van der Waals surface area (Å²) in [4.78, 5) is 10.9. The number of hydrogen-bond acceptors (Lipinski definition) is 5. The van der Waals surface area contributed by atoms with Crippen molar-refractivity contribution in [2.24, 2.45) is 4.99 Å². The van der Waals surface area contributed by atoms with Crippen LogP contribution in [-0.2, 0) is 6.54 Å². The molecule has 0 radical (unpaired) electrons. The Balaban J connectivity index is 2.00. The van der Waals surface area contributed by atoms with Crippen molar-refractivity contribution in [2.75, 3.05) is 33.2 Å². The van der Waals surface area contributed by atoms with Crippen LogP contribution in [0.15, 0.2) is 28.6 Å². The molecule has 0 aliphatic rings. The molecule has 1 aromatic carbocycles. The van der Waals surface area contributed by atoms with Gasteiger partial charge < -0.3 is 20.3 Å². The number of aromatic nitrogens is 1. The van der Waals surface area contributed by atoms with E-state index < -0.39 is 0 Å². The van der Waals surface area contributed by atoms with Crippen molar-refractivity contribution in [1.29, 1.82) is 0 Å². The summed E-state index contributed by atoms with van der Waals surface area (Å²) < 4.78 is 5.48. The first kappa shape index (κ1) is 19.1. The predicted molar refractivity (Wildman–Crippen MR) is 106 cm³/mol. The third kappa shape index (κ3) is 5.09. The van der Waals surface area contributed by atoms with Crippen molar-refractivity contribution in [3.05, 3.63) is 40.4 Å². The van der Waals surface area contributed by atoms with Gasteiger partial charge in [0, 0.05) is 32.1 Å². The maximum atomic E-state index is 5.48. The number of benzene rings is 1. The maximum Gasteiger partial charge on any atom is 0.191 e. The Bertz CT molecular complexity index is 726. The van der Waals surface area contributed by atoms with Crippen LogP contribution in [0.3, 0.4) is 0 Å². The highest BCUT2D eigenvalue weighted by Gasteiger charge is 2.13. The SMILES string of the molecule is CN=C(NCc1csc(N(C)C)n1)NC(C)c1cc(C)ccc1OC. The van der Waals surface area contributed by atoms with E-state index in [-0.39, 0.29) is 6.04 Å². The first-order chi connectivity index (χ1) is 11.9. The molecule has 7 heteroatoms. The molecule has 6 nitrogen and oxygen atoms in total. The van der Waals surface area contributed by atoms with Crippen LogP contribution in [0.4, 0.5) is 5.13 Å². The van der Waals surface area contributed by atoms with Gasteiger partial charge in [0.25, 0.3) is 0 Å². The molecule has 0 bridgehead atoms. The third-order valence-corrected chi connectivity index (χ3v) is 4.84. The maximum absolute atomic E-state index is 5.48. The van der Waals surface area contributed by atoms with Gasteiger partial charge in [-0.3, -0.25) is 4.99 Å². The van der Waals surface area contributed by atoms with Crippen LogP contribution in [0.5, 0.6) is 5.75 Å². The standard InChI is InChI=1S/C18H27N5OS/c1-12-7-8-16(24-6)15(9-12)13(2)21-17(19-3)20-10-14-11-25-18(22-14)23(4)5/h7-9,11,13H,10H2,1-6H3,(H2,19,20,21). The third-order valence-electron chi connectivity index (χ3n) is 3.79. The van der Waals surface area contributed by atoms with Crippen molar-refractivity contribution in [3.63, 3.8) is 0 Å².